The van der Waals surface area contributed by atoms with Gasteiger partial charge in [0.15, 0.2) is 0 Å². The Labute approximate surface area is 215 Å². The number of carbonyl (C=O) groups is 2. The third kappa shape index (κ3) is 7.48. The minimum Gasteiger partial charge on any atom is -0.548 e. The number of aryl methyl sites for hydroxylation is 2. The molecular weight excluding hydrogens is 431 g/mol. The summed E-state index contributed by atoms with van der Waals surface area (Å²) in [5.41, 5.74) is 4.38. The second-order valence-electron chi connectivity index (χ2n) is 7.23. The fourth-order valence-electron chi connectivity index (χ4n) is 3.36. The maximum absolute atomic E-state index is 13.0. The molecule has 5 nitrogen and oxygen atoms in total. The number of nitrogens with one attached hydrogen (secondary N) is 1. The van der Waals surface area contributed by atoms with E-state index in [4.69, 9.17) is 0 Å². The van der Waals surface area contributed by atoms with E-state index in [0.29, 0.717) is 17.7 Å². The third-order valence-electron chi connectivity index (χ3n) is 5.04. The molecule has 0 fully saturated rings. The Balaban J connectivity index is 0.00000363. The Bertz CT molecular complexity index is 1020. The first-order chi connectivity index (χ1) is 15.1. The molecule has 0 saturated carbocycles. The van der Waals surface area contributed by atoms with Gasteiger partial charge in [0.2, 0.25) is 0 Å². The van der Waals surface area contributed by atoms with E-state index in [1.54, 1.807) is 12.3 Å². The normalized spacial score (nSPS) is 11.3. The van der Waals surface area contributed by atoms with Crippen LogP contribution in [0.25, 0.3) is 11.1 Å². The Morgan fingerprint density at radius 2 is 1.78 bits per heavy atom. The molecule has 1 unspecified atom stereocenters. The van der Waals surface area contributed by atoms with Crippen molar-refractivity contribution in [1.29, 1.82) is 0 Å². The van der Waals surface area contributed by atoms with E-state index in [1.165, 1.54) is 11.8 Å². The smallest absolute Gasteiger partial charge is 0.548 e. The van der Waals surface area contributed by atoms with Crippen molar-refractivity contribution < 1.29 is 44.3 Å². The number of thioether (sulfide) groups is 1. The molecular formula is C25H25N2NaO3S. The van der Waals surface area contributed by atoms with E-state index < -0.39 is 17.9 Å². The van der Waals surface area contributed by atoms with Crippen molar-refractivity contribution in [1.82, 2.24) is 10.3 Å². The van der Waals surface area contributed by atoms with Crippen LogP contribution in [-0.4, -0.2) is 34.9 Å². The van der Waals surface area contributed by atoms with E-state index in [9.17, 15) is 14.7 Å². The fourth-order valence-corrected chi connectivity index (χ4v) is 3.83. The molecule has 0 bridgehead atoms. The van der Waals surface area contributed by atoms with Gasteiger partial charge in [-0.3, -0.25) is 9.78 Å². The molecule has 2 aromatic carbocycles. The van der Waals surface area contributed by atoms with Crippen LogP contribution < -0.4 is 40.0 Å². The molecule has 1 aromatic heterocycles. The molecule has 160 valence electrons. The van der Waals surface area contributed by atoms with Gasteiger partial charge >= 0.3 is 29.6 Å². The molecule has 0 radical (unpaired) electrons. The SMILES string of the molecule is CSCCC(NC(=O)c1ccc(CCc2cccnc2)cc1-c1ccccc1)C(=O)[O-].[Na+]. The third-order valence-corrected chi connectivity index (χ3v) is 5.68. The van der Waals surface area contributed by atoms with Gasteiger partial charge in [-0.25, -0.2) is 0 Å². The van der Waals surface area contributed by atoms with Gasteiger partial charge in [-0.1, -0.05) is 48.5 Å². The van der Waals surface area contributed by atoms with Gasteiger partial charge < -0.3 is 15.2 Å². The van der Waals surface area contributed by atoms with Crippen molar-refractivity contribution in [3.05, 3.63) is 89.7 Å². The zero-order valence-electron chi connectivity index (χ0n) is 18.4. The van der Waals surface area contributed by atoms with Gasteiger partial charge in [0.05, 0.1) is 12.0 Å². The van der Waals surface area contributed by atoms with Crippen LogP contribution in [-0.2, 0) is 17.6 Å². The largest absolute Gasteiger partial charge is 1.00 e. The van der Waals surface area contributed by atoms with E-state index in [-0.39, 0.29) is 29.6 Å². The van der Waals surface area contributed by atoms with Crippen LogP contribution in [0.3, 0.4) is 0 Å². The summed E-state index contributed by atoms with van der Waals surface area (Å²) in [7, 11) is 0. The summed E-state index contributed by atoms with van der Waals surface area (Å²) in [6.07, 6.45) is 7.47. The number of aliphatic carboxylic acids is 1. The molecule has 0 spiro atoms. The van der Waals surface area contributed by atoms with E-state index in [1.807, 2.05) is 67.0 Å². The van der Waals surface area contributed by atoms with Crippen LogP contribution in [0.5, 0.6) is 0 Å². The Kier molecular flexibility index (Phi) is 11.0. The summed E-state index contributed by atoms with van der Waals surface area (Å²) in [5.74, 6) is -1.05. The molecule has 0 aliphatic heterocycles. The standard InChI is InChI=1S/C25H26N2O3S.Na/c1-31-15-13-23(25(29)30)27-24(28)21-12-11-18(9-10-19-6-5-14-26-17-19)16-22(21)20-7-3-2-4-8-20;/h2-8,11-12,14,16-17,23H,9-10,13,15H2,1H3,(H,27,28)(H,29,30);/q;+1/p-1. The number of carboxylic acids is 1. The molecule has 32 heavy (non-hydrogen) atoms. The number of nitrogens with zero attached hydrogens (tertiary/aromatic N) is 1. The van der Waals surface area contributed by atoms with E-state index in [0.717, 1.165) is 35.1 Å². The molecule has 0 aliphatic rings. The minimum absolute atomic E-state index is 0. The molecule has 1 atom stereocenters. The van der Waals surface area contributed by atoms with Crippen molar-refractivity contribution in [3.8, 4) is 11.1 Å². The average molecular weight is 457 g/mol. The van der Waals surface area contributed by atoms with Gasteiger partial charge in [0.1, 0.15) is 0 Å². The number of aromatic nitrogens is 1. The topological polar surface area (TPSA) is 82.1 Å². The molecule has 1 N–H and O–H groups in total. The Morgan fingerprint density at radius 1 is 1.03 bits per heavy atom. The summed E-state index contributed by atoms with van der Waals surface area (Å²) in [6.45, 7) is 0. The predicted molar refractivity (Wildman–Crippen MR) is 123 cm³/mol. The van der Waals surface area contributed by atoms with E-state index in [2.05, 4.69) is 10.3 Å². The number of rotatable bonds is 10. The number of hydrogen-bond acceptors (Lipinski definition) is 5. The predicted octanol–water partition coefficient (Wildman–Crippen LogP) is 0.139. The molecule has 3 rings (SSSR count). The molecule has 7 heteroatoms. The average Bonchev–Trinajstić information content (AvgIpc) is 2.81. The fraction of sp³-hybridized carbons (Fsp3) is 0.240. The minimum atomic E-state index is -1.27. The van der Waals surface area contributed by atoms with Crippen molar-refractivity contribution in [2.24, 2.45) is 0 Å². The molecule has 3 aromatic rings. The van der Waals surface area contributed by atoms with Gasteiger partial charge in [-0.15, -0.1) is 0 Å². The molecule has 1 heterocycles. The van der Waals surface area contributed by atoms with Crippen LogP contribution in [0, 0.1) is 0 Å². The van der Waals surface area contributed by atoms with Crippen LogP contribution in [0.4, 0.5) is 0 Å². The van der Waals surface area contributed by atoms with Crippen molar-refractivity contribution in [2.45, 2.75) is 25.3 Å². The molecule has 0 saturated heterocycles. The quantitative estimate of drug-likeness (QED) is 0.439. The number of carboxylic acid groups (broad SMARTS) is 1. The Hall–Kier alpha value is -2.12. The van der Waals surface area contributed by atoms with Gasteiger partial charge in [0.25, 0.3) is 5.91 Å². The summed E-state index contributed by atoms with van der Waals surface area (Å²) in [4.78, 5) is 28.6. The summed E-state index contributed by atoms with van der Waals surface area (Å²) in [6, 6.07) is 18.3. The molecule has 1 amide bonds. The first kappa shape index (κ1) is 26.1. The summed E-state index contributed by atoms with van der Waals surface area (Å²) < 4.78 is 0. The first-order valence-electron chi connectivity index (χ1n) is 10.2. The maximum atomic E-state index is 13.0. The Morgan fingerprint density at radius 3 is 2.44 bits per heavy atom. The second-order valence-corrected chi connectivity index (χ2v) is 8.22. The van der Waals surface area contributed by atoms with Crippen LogP contribution in [0.1, 0.15) is 27.9 Å². The number of carbonyl (C=O) groups excluding carboxylic acids is 2. The monoisotopic (exact) mass is 456 g/mol. The van der Waals surface area contributed by atoms with Crippen LogP contribution >= 0.6 is 11.8 Å². The zero-order chi connectivity index (χ0) is 22.1. The van der Waals surface area contributed by atoms with Gasteiger partial charge in [-0.05, 0) is 65.7 Å². The van der Waals surface area contributed by atoms with Crippen molar-refractivity contribution in [2.75, 3.05) is 12.0 Å². The number of pyridine rings is 1. The van der Waals surface area contributed by atoms with Gasteiger partial charge in [-0.2, -0.15) is 11.8 Å². The van der Waals surface area contributed by atoms with Crippen LogP contribution in [0.15, 0.2) is 73.1 Å². The second kappa shape index (κ2) is 13.4. The van der Waals surface area contributed by atoms with E-state index >= 15 is 0 Å². The van der Waals surface area contributed by atoms with Crippen molar-refractivity contribution >= 4 is 23.6 Å². The maximum Gasteiger partial charge on any atom is 1.00 e. The van der Waals surface area contributed by atoms with Gasteiger partial charge in [0, 0.05) is 18.0 Å². The number of benzene rings is 2. The molecule has 0 aliphatic carbocycles. The van der Waals surface area contributed by atoms with Crippen LogP contribution in [0.2, 0.25) is 0 Å². The number of hydrogen-bond donors (Lipinski definition) is 1. The summed E-state index contributed by atoms with van der Waals surface area (Å²) in [5, 5.41) is 14.1. The zero-order valence-corrected chi connectivity index (χ0v) is 21.2. The summed E-state index contributed by atoms with van der Waals surface area (Å²) >= 11 is 1.53. The first-order valence-corrected chi connectivity index (χ1v) is 11.6. The van der Waals surface area contributed by atoms with Crippen molar-refractivity contribution in [3.63, 3.8) is 0 Å². The number of amides is 1.